The van der Waals surface area contributed by atoms with Crippen LogP contribution in [0.2, 0.25) is 0 Å². The van der Waals surface area contributed by atoms with Gasteiger partial charge in [0.05, 0.1) is 11.0 Å². The molecule has 1 nitrogen and oxygen atoms in total. The first-order chi connectivity index (χ1) is 11.8. The zero-order valence-electron chi connectivity index (χ0n) is 15.1. The predicted molar refractivity (Wildman–Crippen MR) is 106 cm³/mol. The van der Waals surface area contributed by atoms with E-state index in [-0.39, 0.29) is 0 Å². The monoisotopic (exact) mass is 319 g/mol. The topological polar surface area (TPSA) is 12.9 Å². The summed E-state index contributed by atoms with van der Waals surface area (Å²) in [7, 11) is 0. The summed E-state index contributed by atoms with van der Waals surface area (Å²) in [5, 5.41) is 2.71. The number of nitrogens with zero attached hydrogens (tertiary/aromatic N) is 1. The molecule has 2 aromatic carbocycles. The van der Waals surface area contributed by atoms with E-state index < -0.39 is 0 Å². The molecule has 0 N–H and O–H groups in total. The van der Waals surface area contributed by atoms with Crippen LogP contribution in [-0.2, 0) is 0 Å². The average molecular weight is 319 g/mol. The fourth-order valence-electron chi connectivity index (χ4n) is 3.84. The second-order valence-electron chi connectivity index (χ2n) is 6.89. The number of benzene rings is 2. The molecule has 0 spiro atoms. The second kappa shape index (κ2) is 8.28. The van der Waals surface area contributed by atoms with E-state index >= 15 is 0 Å². The summed E-state index contributed by atoms with van der Waals surface area (Å²) in [5.41, 5.74) is 3.83. The molecule has 1 atom stereocenters. The number of unbranched alkanes of at least 4 members (excludes halogenated alkanes) is 3. The van der Waals surface area contributed by atoms with Gasteiger partial charge in [0.25, 0.3) is 0 Å². The molecule has 1 aromatic heterocycles. The fourth-order valence-corrected chi connectivity index (χ4v) is 3.84. The Bertz CT molecular complexity index is 736. The molecule has 0 aliphatic rings. The maximum Gasteiger partial charge on any atom is 0.0712 e. The second-order valence-corrected chi connectivity index (χ2v) is 6.89. The van der Waals surface area contributed by atoms with Gasteiger partial charge < -0.3 is 0 Å². The molecule has 0 aliphatic heterocycles. The SMILES string of the molecule is CCCCCC(CCCC)c1c2ccccc2nc2ccccc12. The van der Waals surface area contributed by atoms with Gasteiger partial charge in [0, 0.05) is 10.8 Å². The van der Waals surface area contributed by atoms with E-state index in [9.17, 15) is 0 Å². The van der Waals surface area contributed by atoms with Gasteiger partial charge in [-0.3, -0.25) is 0 Å². The highest BCUT2D eigenvalue weighted by molar-refractivity contribution is 5.97. The molecule has 0 aliphatic carbocycles. The van der Waals surface area contributed by atoms with Crippen LogP contribution in [0.15, 0.2) is 48.5 Å². The van der Waals surface area contributed by atoms with Gasteiger partial charge in [0.15, 0.2) is 0 Å². The van der Waals surface area contributed by atoms with E-state index in [1.807, 2.05) is 0 Å². The fraction of sp³-hybridized carbons (Fsp3) is 0.435. The van der Waals surface area contributed by atoms with Gasteiger partial charge in [0.1, 0.15) is 0 Å². The van der Waals surface area contributed by atoms with E-state index in [2.05, 4.69) is 62.4 Å². The molecule has 3 aromatic rings. The Kier molecular flexibility index (Phi) is 5.85. The van der Waals surface area contributed by atoms with Gasteiger partial charge >= 0.3 is 0 Å². The van der Waals surface area contributed by atoms with Crippen LogP contribution in [0.3, 0.4) is 0 Å². The minimum Gasteiger partial charge on any atom is -0.248 e. The molecule has 3 rings (SSSR count). The molecule has 1 unspecified atom stereocenters. The van der Waals surface area contributed by atoms with Crippen molar-refractivity contribution in [3.05, 3.63) is 54.1 Å². The highest BCUT2D eigenvalue weighted by Crippen LogP contribution is 2.37. The van der Waals surface area contributed by atoms with Crippen molar-refractivity contribution in [1.82, 2.24) is 4.98 Å². The number of hydrogen-bond acceptors (Lipinski definition) is 1. The Morgan fingerprint density at radius 3 is 1.83 bits per heavy atom. The summed E-state index contributed by atoms with van der Waals surface area (Å²) >= 11 is 0. The first-order valence-electron chi connectivity index (χ1n) is 9.62. The number of para-hydroxylation sites is 2. The third-order valence-corrected chi connectivity index (χ3v) is 5.10. The zero-order valence-corrected chi connectivity index (χ0v) is 15.1. The lowest BCUT2D eigenvalue weighted by molar-refractivity contribution is 0.520. The first-order valence-corrected chi connectivity index (χ1v) is 9.62. The van der Waals surface area contributed by atoms with E-state index in [1.165, 1.54) is 55.7 Å². The Morgan fingerprint density at radius 2 is 1.25 bits per heavy atom. The Hall–Kier alpha value is -1.89. The third kappa shape index (κ3) is 3.61. The summed E-state index contributed by atoms with van der Waals surface area (Å²) in [6.07, 6.45) is 9.12. The minimum atomic E-state index is 0.647. The van der Waals surface area contributed by atoms with Crippen LogP contribution in [0.4, 0.5) is 0 Å². The van der Waals surface area contributed by atoms with E-state index in [0.29, 0.717) is 5.92 Å². The van der Waals surface area contributed by atoms with Crippen molar-refractivity contribution in [1.29, 1.82) is 0 Å². The van der Waals surface area contributed by atoms with Crippen molar-refractivity contribution in [3.63, 3.8) is 0 Å². The van der Waals surface area contributed by atoms with Crippen molar-refractivity contribution >= 4 is 21.8 Å². The van der Waals surface area contributed by atoms with Crippen molar-refractivity contribution in [2.75, 3.05) is 0 Å². The van der Waals surface area contributed by atoms with Crippen LogP contribution in [0.1, 0.15) is 70.3 Å². The first kappa shape index (κ1) is 17.0. The molecule has 0 fully saturated rings. The molecule has 0 radical (unpaired) electrons. The zero-order chi connectivity index (χ0) is 16.8. The number of fused-ring (bicyclic) bond motifs is 2. The summed E-state index contributed by atoms with van der Waals surface area (Å²) in [5.74, 6) is 0.647. The number of hydrogen-bond donors (Lipinski definition) is 0. The maximum absolute atomic E-state index is 4.90. The smallest absolute Gasteiger partial charge is 0.0712 e. The molecule has 126 valence electrons. The highest BCUT2D eigenvalue weighted by atomic mass is 14.7. The highest BCUT2D eigenvalue weighted by Gasteiger charge is 2.18. The molecule has 1 heteroatoms. The minimum absolute atomic E-state index is 0.647. The largest absolute Gasteiger partial charge is 0.248 e. The van der Waals surface area contributed by atoms with Gasteiger partial charge in [-0.05, 0) is 36.5 Å². The van der Waals surface area contributed by atoms with Crippen LogP contribution >= 0.6 is 0 Å². The Morgan fingerprint density at radius 1 is 0.708 bits per heavy atom. The van der Waals surface area contributed by atoms with Gasteiger partial charge in [0.2, 0.25) is 0 Å². The number of aromatic nitrogens is 1. The summed E-state index contributed by atoms with van der Waals surface area (Å²) in [6, 6.07) is 17.4. The molecule has 0 bridgehead atoms. The molecule has 24 heavy (non-hydrogen) atoms. The van der Waals surface area contributed by atoms with Crippen LogP contribution in [0.5, 0.6) is 0 Å². The van der Waals surface area contributed by atoms with Gasteiger partial charge in [-0.1, -0.05) is 82.3 Å². The molecule has 0 amide bonds. The number of rotatable bonds is 8. The quantitative estimate of drug-likeness (QED) is 0.315. The molecule has 1 heterocycles. The normalized spacial score (nSPS) is 12.8. The molecule has 0 saturated heterocycles. The van der Waals surface area contributed by atoms with Gasteiger partial charge in [-0.2, -0.15) is 0 Å². The summed E-state index contributed by atoms with van der Waals surface area (Å²) < 4.78 is 0. The summed E-state index contributed by atoms with van der Waals surface area (Å²) in [6.45, 7) is 4.59. The maximum atomic E-state index is 4.90. The number of pyridine rings is 1. The third-order valence-electron chi connectivity index (χ3n) is 5.10. The van der Waals surface area contributed by atoms with E-state index in [1.54, 1.807) is 5.56 Å². The lowest BCUT2D eigenvalue weighted by Crippen LogP contribution is -2.03. The van der Waals surface area contributed by atoms with Crippen LogP contribution in [0, 0.1) is 0 Å². The van der Waals surface area contributed by atoms with Gasteiger partial charge in [-0.25, -0.2) is 4.98 Å². The van der Waals surface area contributed by atoms with Crippen molar-refractivity contribution in [3.8, 4) is 0 Å². The van der Waals surface area contributed by atoms with Crippen molar-refractivity contribution in [2.24, 2.45) is 0 Å². The molecular weight excluding hydrogens is 290 g/mol. The van der Waals surface area contributed by atoms with Crippen LogP contribution < -0.4 is 0 Å². The molecular formula is C23H29N. The average Bonchev–Trinajstić information content (AvgIpc) is 2.63. The van der Waals surface area contributed by atoms with Crippen molar-refractivity contribution in [2.45, 2.75) is 64.7 Å². The van der Waals surface area contributed by atoms with E-state index in [0.717, 1.165) is 11.0 Å². The van der Waals surface area contributed by atoms with Crippen LogP contribution in [-0.4, -0.2) is 4.98 Å². The lowest BCUT2D eigenvalue weighted by Gasteiger charge is -2.21. The Balaban J connectivity index is 2.13. The standard InChI is InChI=1S/C23H29N/c1-3-5-7-13-18(12-6-4-2)23-19-14-8-10-16-21(19)24-22-17-11-9-15-20(22)23/h8-11,14-18H,3-7,12-13H2,1-2H3. The molecule has 0 saturated carbocycles. The Labute approximate surface area is 146 Å². The lowest BCUT2D eigenvalue weighted by atomic mass is 9.84. The van der Waals surface area contributed by atoms with Crippen molar-refractivity contribution < 1.29 is 0 Å². The van der Waals surface area contributed by atoms with E-state index in [4.69, 9.17) is 4.98 Å². The van der Waals surface area contributed by atoms with Crippen LogP contribution in [0.25, 0.3) is 21.8 Å². The summed E-state index contributed by atoms with van der Waals surface area (Å²) in [4.78, 5) is 4.90. The predicted octanol–water partition coefficient (Wildman–Crippen LogP) is 7.24. The van der Waals surface area contributed by atoms with Gasteiger partial charge in [-0.15, -0.1) is 0 Å².